The number of piperidine rings is 1. The Kier molecular flexibility index (Phi) is 6.10. The van der Waals surface area contributed by atoms with Crippen molar-refractivity contribution in [3.8, 4) is 6.07 Å². The van der Waals surface area contributed by atoms with Crippen molar-refractivity contribution >= 4 is 5.97 Å². The van der Waals surface area contributed by atoms with Gasteiger partial charge in [0, 0.05) is 25.6 Å². The average Bonchev–Trinajstić information content (AvgIpc) is 2.25. The molecule has 2 N–H and O–H groups in total. The van der Waals surface area contributed by atoms with Gasteiger partial charge in [-0.2, -0.15) is 5.26 Å². The largest absolute Gasteiger partial charge is 0.481 e. The van der Waals surface area contributed by atoms with Gasteiger partial charge in [-0.15, -0.1) is 0 Å². The van der Waals surface area contributed by atoms with E-state index in [-0.39, 0.29) is 12.3 Å². The number of nitriles is 1. The van der Waals surface area contributed by atoms with Crippen LogP contribution in [0.1, 0.15) is 26.7 Å². The number of nitrogens with one attached hydrogen (secondary N) is 1. The summed E-state index contributed by atoms with van der Waals surface area (Å²) >= 11 is 0. The van der Waals surface area contributed by atoms with Crippen LogP contribution in [-0.2, 0) is 4.79 Å². The van der Waals surface area contributed by atoms with Crippen molar-refractivity contribution in [1.29, 1.82) is 5.26 Å². The third-order valence-corrected chi connectivity index (χ3v) is 3.19. The highest BCUT2D eigenvalue weighted by atomic mass is 16.4. The van der Waals surface area contributed by atoms with Crippen LogP contribution in [0.15, 0.2) is 0 Å². The van der Waals surface area contributed by atoms with E-state index < -0.39 is 5.97 Å². The van der Waals surface area contributed by atoms with E-state index in [9.17, 15) is 4.79 Å². The fraction of sp³-hybridized carbons (Fsp3) is 0.846. The lowest BCUT2D eigenvalue weighted by Crippen LogP contribution is -2.50. The first-order valence-corrected chi connectivity index (χ1v) is 6.55. The molecule has 1 aliphatic rings. The Bertz CT molecular complexity index is 312. The molecule has 0 saturated carbocycles. The minimum Gasteiger partial charge on any atom is -0.481 e. The van der Waals surface area contributed by atoms with Crippen LogP contribution in [0.25, 0.3) is 0 Å². The monoisotopic (exact) mass is 253 g/mol. The highest BCUT2D eigenvalue weighted by Crippen LogP contribution is 2.20. The average molecular weight is 253 g/mol. The predicted molar refractivity (Wildman–Crippen MR) is 69.0 cm³/mol. The van der Waals surface area contributed by atoms with Crippen LogP contribution in [0, 0.1) is 23.2 Å². The number of nitrogens with zero attached hydrogens (tertiary/aromatic N) is 2. The lowest BCUT2D eigenvalue weighted by Gasteiger charge is -2.36. The Morgan fingerprint density at radius 3 is 2.83 bits per heavy atom. The first-order chi connectivity index (χ1) is 8.51. The number of hydrogen-bond donors (Lipinski definition) is 2. The van der Waals surface area contributed by atoms with Crippen molar-refractivity contribution < 1.29 is 9.90 Å². The third kappa shape index (κ3) is 5.48. The van der Waals surface area contributed by atoms with Gasteiger partial charge in [0.15, 0.2) is 0 Å². The van der Waals surface area contributed by atoms with Crippen LogP contribution in [0.2, 0.25) is 0 Å². The molecule has 0 spiro atoms. The molecule has 18 heavy (non-hydrogen) atoms. The molecule has 0 aromatic carbocycles. The summed E-state index contributed by atoms with van der Waals surface area (Å²) in [6.45, 7) is 7.19. The molecule has 0 bridgehead atoms. The highest BCUT2D eigenvalue weighted by molar-refractivity contribution is 5.67. The quantitative estimate of drug-likeness (QED) is 0.688. The van der Waals surface area contributed by atoms with E-state index >= 15 is 0 Å². The molecule has 1 saturated heterocycles. The summed E-state index contributed by atoms with van der Waals surface area (Å²) in [5.74, 6) is -0.0232. The first kappa shape index (κ1) is 14.9. The third-order valence-electron chi connectivity index (χ3n) is 3.19. The SMILES string of the molecule is CC(C)CNC1CC(CC(=O)O)CN(CC#N)C1. The van der Waals surface area contributed by atoms with Crippen LogP contribution in [0.4, 0.5) is 0 Å². The first-order valence-electron chi connectivity index (χ1n) is 6.55. The predicted octanol–water partition coefficient (Wildman–Crippen LogP) is 0.921. The summed E-state index contributed by atoms with van der Waals surface area (Å²) in [7, 11) is 0. The molecule has 1 heterocycles. The van der Waals surface area contributed by atoms with Gasteiger partial charge in [0.1, 0.15) is 0 Å². The molecule has 0 radical (unpaired) electrons. The van der Waals surface area contributed by atoms with E-state index in [1.54, 1.807) is 0 Å². The van der Waals surface area contributed by atoms with E-state index in [0.717, 1.165) is 26.1 Å². The van der Waals surface area contributed by atoms with Gasteiger partial charge in [-0.05, 0) is 24.8 Å². The summed E-state index contributed by atoms with van der Waals surface area (Å²) in [5.41, 5.74) is 0. The van der Waals surface area contributed by atoms with E-state index in [2.05, 4.69) is 30.1 Å². The summed E-state index contributed by atoms with van der Waals surface area (Å²) in [4.78, 5) is 12.9. The van der Waals surface area contributed by atoms with Crippen LogP contribution in [0.5, 0.6) is 0 Å². The summed E-state index contributed by atoms with van der Waals surface area (Å²) in [5, 5.41) is 21.1. The normalized spacial score (nSPS) is 25.0. The van der Waals surface area contributed by atoms with Crippen LogP contribution in [-0.4, -0.2) is 48.2 Å². The van der Waals surface area contributed by atoms with Gasteiger partial charge in [0.2, 0.25) is 0 Å². The lowest BCUT2D eigenvalue weighted by molar-refractivity contribution is -0.138. The fourth-order valence-corrected chi connectivity index (χ4v) is 2.48. The highest BCUT2D eigenvalue weighted by Gasteiger charge is 2.28. The second-order valence-corrected chi connectivity index (χ2v) is 5.55. The zero-order valence-corrected chi connectivity index (χ0v) is 11.2. The standard InChI is InChI=1S/C13H23N3O2/c1-10(2)7-15-12-5-11(6-13(17)18)8-16(9-12)4-3-14/h10-12,15H,4-9H2,1-2H3,(H,17,18). The maximum atomic E-state index is 10.8. The van der Waals surface area contributed by atoms with Crippen molar-refractivity contribution in [3.05, 3.63) is 0 Å². The molecule has 0 aromatic heterocycles. The molecular weight excluding hydrogens is 230 g/mol. The molecule has 0 amide bonds. The number of aliphatic carboxylic acids is 1. The van der Waals surface area contributed by atoms with Gasteiger partial charge < -0.3 is 10.4 Å². The van der Waals surface area contributed by atoms with Crippen LogP contribution >= 0.6 is 0 Å². The molecule has 102 valence electrons. The van der Waals surface area contributed by atoms with Crippen molar-refractivity contribution in [2.75, 3.05) is 26.2 Å². The Balaban J connectivity index is 2.51. The van der Waals surface area contributed by atoms with Gasteiger partial charge in [0.05, 0.1) is 12.6 Å². The molecule has 1 aliphatic heterocycles. The molecule has 2 atom stereocenters. The van der Waals surface area contributed by atoms with E-state index in [0.29, 0.717) is 18.5 Å². The maximum absolute atomic E-state index is 10.8. The van der Waals surface area contributed by atoms with Gasteiger partial charge in [-0.25, -0.2) is 0 Å². The van der Waals surface area contributed by atoms with Crippen molar-refractivity contribution in [2.45, 2.75) is 32.7 Å². The van der Waals surface area contributed by atoms with E-state index in [4.69, 9.17) is 10.4 Å². The van der Waals surface area contributed by atoms with Gasteiger partial charge in [-0.3, -0.25) is 9.69 Å². The Labute approximate surface area is 109 Å². The Morgan fingerprint density at radius 1 is 1.56 bits per heavy atom. The molecular formula is C13H23N3O2. The second kappa shape index (κ2) is 7.34. The van der Waals surface area contributed by atoms with Crippen molar-refractivity contribution in [2.24, 2.45) is 11.8 Å². The fourth-order valence-electron chi connectivity index (χ4n) is 2.48. The van der Waals surface area contributed by atoms with Gasteiger partial charge in [-0.1, -0.05) is 13.8 Å². The smallest absolute Gasteiger partial charge is 0.303 e. The van der Waals surface area contributed by atoms with Gasteiger partial charge in [0.25, 0.3) is 0 Å². The van der Waals surface area contributed by atoms with E-state index in [1.807, 2.05) is 0 Å². The summed E-state index contributed by atoms with van der Waals surface area (Å²) in [6.07, 6.45) is 1.09. The number of carboxylic acids is 1. The molecule has 0 aromatic rings. The topological polar surface area (TPSA) is 76.4 Å². The molecule has 1 fully saturated rings. The maximum Gasteiger partial charge on any atom is 0.303 e. The second-order valence-electron chi connectivity index (χ2n) is 5.55. The Hall–Kier alpha value is -1.12. The number of carboxylic acid groups (broad SMARTS) is 1. The number of hydrogen-bond acceptors (Lipinski definition) is 4. The molecule has 0 aliphatic carbocycles. The number of carbonyl (C=O) groups is 1. The van der Waals surface area contributed by atoms with Crippen LogP contribution in [0.3, 0.4) is 0 Å². The van der Waals surface area contributed by atoms with Crippen molar-refractivity contribution in [3.63, 3.8) is 0 Å². The molecule has 2 unspecified atom stereocenters. The summed E-state index contributed by atoms with van der Waals surface area (Å²) < 4.78 is 0. The summed E-state index contributed by atoms with van der Waals surface area (Å²) in [6, 6.07) is 2.45. The minimum atomic E-state index is -0.749. The molecule has 1 rings (SSSR count). The van der Waals surface area contributed by atoms with E-state index in [1.165, 1.54) is 0 Å². The number of rotatable bonds is 6. The molecule has 5 nitrogen and oxygen atoms in total. The van der Waals surface area contributed by atoms with Gasteiger partial charge >= 0.3 is 5.97 Å². The van der Waals surface area contributed by atoms with Crippen LogP contribution < -0.4 is 5.32 Å². The Morgan fingerprint density at radius 2 is 2.28 bits per heavy atom. The zero-order chi connectivity index (χ0) is 13.5. The zero-order valence-electron chi connectivity index (χ0n) is 11.2. The molecule has 5 heteroatoms. The minimum absolute atomic E-state index is 0.147. The van der Waals surface area contributed by atoms with Crippen molar-refractivity contribution in [1.82, 2.24) is 10.2 Å². The number of likely N-dealkylation sites (tertiary alicyclic amines) is 1. The lowest BCUT2D eigenvalue weighted by atomic mass is 9.91.